The molecule has 49 heavy (non-hydrogen) atoms. The van der Waals surface area contributed by atoms with E-state index in [-0.39, 0.29) is 7.12 Å². The van der Waals surface area contributed by atoms with Crippen LogP contribution in [0.15, 0.2) is 18.2 Å². The topological polar surface area (TPSA) is 55.3 Å². The minimum atomic E-state index is -0.145. The molecule has 12 aliphatic carbocycles. The van der Waals surface area contributed by atoms with Crippen LogP contribution >= 0.6 is 0 Å². The molecule has 6 nitrogen and oxygen atoms in total. The summed E-state index contributed by atoms with van der Waals surface area (Å²) in [4.78, 5) is 0. The van der Waals surface area contributed by atoms with Crippen LogP contribution in [-0.2, 0) is 16.2 Å². The number of nitrogens with one attached hydrogen (secondary N) is 1. The third kappa shape index (κ3) is 4.17. The van der Waals surface area contributed by atoms with Crippen molar-refractivity contribution in [3.05, 3.63) is 52.4 Å². The Bertz CT molecular complexity index is 1520. The molecule has 1 radical (unpaired) electrons. The predicted octanol–water partition coefficient (Wildman–Crippen LogP) is 7.95. The Morgan fingerprint density at radius 2 is 0.857 bits per heavy atom. The zero-order valence-electron chi connectivity index (χ0n) is 30.5. The fourth-order valence-electron chi connectivity index (χ4n) is 16.6. The van der Waals surface area contributed by atoms with Gasteiger partial charge in [0.2, 0.25) is 0 Å². The average molecular weight is 658 g/mol. The molecule has 1 N–H and O–H groups in total. The number of H-pyrrole nitrogens is 1. The van der Waals surface area contributed by atoms with E-state index in [1.165, 1.54) is 150 Å². The van der Waals surface area contributed by atoms with Crippen LogP contribution in [0.2, 0.25) is 0 Å². The number of hydrogen-bond donors (Lipinski definition) is 1. The van der Waals surface area contributed by atoms with Gasteiger partial charge < -0.3 is 13.8 Å². The lowest BCUT2D eigenvalue weighted by Crippen LogP contribution is -2.65. The van der Waals surface area contributed by atoms with Crippen molar-refractivity contribution in [1.29, 1.82) is 0 Å². The molecular formula is C42H58BN6. The van der Waals surface area contributed by atoms with Gasteiger partial charge in [-0.25, -0.2) is 15.3 Å². The van der Waals surface area contributed by atoms with Crippen molar-refractivity contribution >= 4 is 7.12 Å². The number of aromatic nitrogens is 6. The van der Waals surface area contributed by atoms with Gasteiger partial charge in [-0.15, -0.1) is 0 Å². The Morgan fingerprint density at radius 1 is 0.531 bits per heavy atom. The zero-order chi connectivity index (χ0) is 32.4. The van der Waals surface area contributed by atoms with Crippen LogP contribution in [0.5, 0.6) is 0 Å². The van der Waals surface area contributed by atoms with Gasteiger partial charge in [0.25, 0.3) is 0 Å². The normalized spacial score (nSPS) is 45.4. The van der Waals surface area contributed by atoms with E-state index in [1.54, 1.807) is 0 Å². The summed E-state index contributed by atoms with van der Waals surface area (Å²) in [6.07, 6.45) is 25.7. The van der Waals surface area contributed by atoms with E-state index in [1.807, 2.05) is 0 Å². The second-order valence-electron chi connectivity index (χ2n) is 20.9. The molecule has 0 unspecified atom stereocenters. The average Bonchev–Trinajstić information content (AvgIpc) is 3.74. The van der Waals surface area contributed by atoms with Crippen LogP contribution in [0.25, 0.3) is 0 Å². The number of aromatic amines is 1. The van der Waals surface area contributed by atoms with Crippen LogP contribution in [0.3, 0.4) is 0 Å². The van der Waals surface area contributed by atoms with E-state index in [9.17, 15) is 0 Å². The third-order valence-corrected chi connectivity index (χ3v) is 17.3. The van der Waals surface area contributed by atoms with Crippen LogP contribution in [0.1, 0.15) is 150 Å². The second-order valence-corrected chi connectivity index (χ2v) is 20.9. The minimum absolute atomic E-state index is 0.145. The Kier molecular flexibility index (Phi) is 5.84. The molecule has 12 saturated carbocycles. The molecule has 3 aromatic rings. The molecule has 0 aromatic carbocycles. The van der Waals surface area contributed by atoms with Crippen LogP contribution in [0.4, 0.5) is 0 Å². The number of nitrogens with zero attached hydrogens (tertiary/aromatic N) is 5. The maximum atomic E-state index is 5.75. The summed E-state index contributed by atoms with van der Waals surface area (Å²) in [5.74, 6) is 8.35. The standard InChI is InChI=1S/C42H58BN6/c1-25-4-37(40-16-28-7-29(17-40)9-30(8-28)18-40)44-47(25)43(48-26(2)5-38(45-48)41-19-31-10-32(20-41)12-33(11-31)21-41)49-27(3)6-39(46-49)42-22-34-13-35(23-42)15-36(14-34)24-42/h4-6,28-36,44H,7-24H2,1-3H3. The lowest BCUT2D eigenvalue weighted by atomic mass is 9.49. The fraction of sp³-hybridized carbons (Fsp3) is 0.786. The molecule has 3 heterocycles. The first-order chi connectivity index (χ1) is 23.7. The molecule has 0 atom stereocenters. The molecular weight excluding hydrogens is 599 g/mol. The summed E-state index contributed by atoms with van der Waals surface area (Å²) in [5, 5.41) is 15.7. The summed E-state index contributed by atoms with van der Waals surface area (Å²) >= 11 is 0. The predicted molar refractivity (Wildman–Crippen MR) is 191 cm³/mol. The maximum absolute atomic E-state index is 5.75. The molecule has 0 amide bonds. The highest BCUT2D eigenvalue weighted by Gasteiger charge is 2.56. The Morgan fingerprint density at radius 3 is 1.20 bits per heavy atom. The highest BCUT2D eigenvalue weighted by molar-refractivity contribution is 6.45. The first-order valence-corrected chi connectivity index (χ1v) is 21.0. The van der Waals surface area contributed by atoms with Gasteiger partial charge in [-0.3, -0.25) is 0 Å². The van der Waals surface area contributed by atoms with Crippen molar-refractivity contribution in [3.8, 4) is 0 Å². The van der Waals surface area contributed by atoms with E-state index < -0.39 is 0 Å². The number of hydrogen-bond acceptors (Lipinski definition) is 2. The first-order valence-electron chi connectivity index (χ1n) is 21.0. The van der Waals surface area contributed by atoms with Crippen molar-refractivity contribution in [2.75, 3.05) is 0 Å². The SMILES string of the molecule is Cc1cc(C23CC4CC(CC(C4)C2)C3)nn1[B-](n1nc(C23CC4CC(CC(C4)C2)C3)cc1C)[n+]1[nH]c(C23CC4CC(CC(C4)C2)C3)cc1C. The first kappa shape index (κ1) is 29.3. The molecule has 0 saturated heterocycles. The highest BCUT2D eigenvalue weighted by atomic mass is 15.5. The van der Waals surface area contributed by atoms with E-state index in [4.69, 9.17) is 10.2 Å². The summed E-state index contributed by atoms with van der Waals surface area (Å²) in [6, 6.07) is 7.58. The van der Waals surface area contributed by atoms with Gasteiger partial charge in [0.15, 0.2) is 5.69 Å². The van der Waals surface area contributed by atoms with Gasteiger partial charge in [-0.2, -0.15) is 0 Å². The van der Waals surface area contributed by atoms with Gasteiger partial charge >= 0.3 is 7.12 Å². The molecule has 15 rings (SSSR count). The van der Waals surface area contributed by atoms with E-state index in [0.29, 0.717) is 16.2 Å². The maximum Gasteiger partial charge on any atom is 0.517 e. The van der Waals surface area contributed by atoms with Crippen molar-refractivity contribution < 1.29 is 4.59 Å². The Balaban J connectivity index is 0.987. The Hall–Kier alpha value is -2.31. The quantitative estimate of drug-likeness (QED) is 0.274. The smallest absolute Gasteiger partial charge is 0.373 e. The summed E-state index contributed by atoms with van der Waals surface area (Å²) in [5.41, 5.74) is 9.12. The molecule has 12 bridgehead atoms. The highest BCUT2D eigenvalue weighted by Crippen LogP contribution is 2.63. The monoisotopic (exact) mass is 657 g/mol. The Labute approximate surface area is 293 Å². The van der Waals surface area contributed by atoms with Crippen molar-refractivity contribution in [3.63, 3.8) is 0 Å². The summed E-state index contributed by atoms with van der Waals surface area (Å²) < 4.78 is 7.32. The van der Waals surface area contributed by atoms with Crippen molar-refractivity contribution in [1.82, 2.24) is 24.5 Å². The summed E-state index contributed by atoms with van der Waals surface area (Å²) in [7, 11) is -0.145. The van der Waals surface area contributed by atoms with Crippen molar-refractivity contribution in [2.24, 2.45) is 53.3 Å². The molecule has 12 aliphatic rings. The van der Waals surface area contributed by atoms with E-state index in [0.717, 1.165) is 53.3 Å². The fourth-order valence-corrected chi connectivity index (χ4v) is 16.6. The van der Waals surface area contributed by atoms with E-state index in [2.05, 4.69) is 57.8 Å². The number of rotatable bonds is 6. The lowest BCUT2D eigenvalue weighted by Gasteiger charge is -2.56. The summed E-state index contributed by atoms with van der Waals surface area (Å²) in [6.45, 7) is 7.02. The minimum Gasteiger partial charge on any atom is -0.373 e. The van der Waals surface area contributed by atoms with Crippen LogP contribution in [-0.4, -0.2) is 31.6 Å². The van der Waals surface area contributed by atoms with Crippen molar-refractivity contribution in [2.45, 2.75) is 153 Å². The van der Waals surface area contributed by atoms with E-state index >= 15 is 0 Å². The van der Waals surface area contributed by atoms with Gasteiger partial charge in [-0.1, -0.05) is 0 Å². The van der Waals surface area contributed by atoms with Gasteiger partial charge in [-0.05, 0) is 206 Å². The molecule has 0 aliphatic heterocycles. The zero-order valence-corrected chi connectivity index (χ0v) is 30.5. The molecule has 259 valence electrons. The molecule has 3 aromatic heterocycles. The molecule has 0 spiro atoms. The third-order valence-electron chi connectivity index (χ3n) is 17.3. The second kappa shape index (κ2) is 9.76. The largest absolute Gasteiger partial charge is 0.517 e. The van der Waals surface area contributed by atoms with Gasteiger partial charge in [0.1, 0.15) is 0 Å². The van der Waals surface area contributed by atoms with Crippen LogP contribution < -0.4 is 4.59 Å². The molecule has 12 fully saturated rings. The van der Waals surface area contributed by atoms with Crippen LogP contribution in [0, 0.1) is 74.0 Å². The molecule has 7 heteroatoms. The van der Waals surface area contributed by atoms with Gasteiger partial charge in [0, 0.05) is 29.2 Å². The lowest BCUT2D eigenvalue weighted by molar-refractivity contribution is -0.613. The van der Waals surface area contributed by atoms with Gasteiger partial charge in [0.05, 0.1) is 17.1 Å². The number of aryl methyl sites for hydroxylation is 3.